The van der Waals surface area contributed by atoms with Crippen LogP contribution in [0.1, 0.15) is 28.4 Å². The standard InChI is InChI=1S/C16H13ClN2O5/c17-12-5-1-3-10(7-12)14(9-15(20)21)18-16(22)11-4-2-6-13(8-11)19(23)24/h1-8,14H,9H2,(H,18,22)(H,20,21)/t14-/m1/s1. The van der Waals surface area contributed by atoms with Gasteiger partial charge in [0.25, 0.3) is 11.6 Å². The predicted molar refractivity (Wildman–Crippen MR) is 87.0 cm³/mol. The number of carbonyl (C=O) groups excluding carboxylic acids is 1. The Balaban J connectivity index is 2.26. The molecular weight excluding hydrogens is 336 g/mol. The molecular formula is C16H13ClN2O5. The number of non-ortho nitro benzene ring substituents is 1. The molecule has 8 heteroatoms. The summed E-state index contributed by atoms with van der Waals surface area (Å²) in [5.41, 5.74) is 0.380. The molecule has 0 aromatic heterocycles. The number of amides is 1. The van der Waals surface area contributed by atoms with Crippen molar-refractivity contribution in [2.24, 2.45) is 0 Å². The molecule has 0 unspecified atom stereocenters. The Kier molecular flexibility index (Phi) is 5.49. The third kappa shape index (κ3) is 4.53. The number of halogens is 1. The van der Waals surface area contributed by atoms with Crippen molar-refractivity contribution in [2.45, 2.75) is 12.5 Å². The SMILES string of the molecule is O=C(O)C[C@@H](NC(=O)c1cccc([N+](=O)[O-])c1)c1cccc(Cl)c1. The van der Waals surface area contributed by atoms with E-state index < -0.39 is 22.8 Å². The van der Waals surface area contributed by atoms with Crippen LogP contribution in [0.25, 0.3) is 0 Å². The van der Waals surface area contributed by atoms with Gasteiger partial charge in [0.15, 0.2) is 0 Å². The van der Waals surface area contributed by atoms with Gasteiger partial charge in [0.2, 0.25) is 0 Å². The summed E-state index contributed by atoms with van der Waals surface area (Å²) in [7, 11) is 0. The summed E-state index contributed by atoms with van der Waals surface area (Å²) in [5.74, 6) is -1.70. The van der Waals surface area contributed by atoms with Gasteiger partial charge in [-0.1, -0.05) is 29.8 Å². The zero-order chi connectivity index (χ0) is 17.7. The number of carboxylic acids is 1. The molecule has 0 spiro atoms. The molecule has 2 rings (SSSR count). The molecule has 2 aromatic rings. The second-order valence-corrected chi connectivity index (χ2v) is 5.42. The maximum absolute atomic E-state index is 12.3. The summed E-state index contributed by atoms with van der Waals surface area (Å²) in [5, 5.41) is 22.8. The lowest BCUT2D eigenvalue weighted by Gasteiger charge is -2.17. The molecule has 0 aliphatic rings. The maximum Gasteiger partial charge on any atom is 0.305 e. The summed E-state index contributed by atoms with van der Waals surface area (Å²) in [6.07, 6.45) is -0.346. The lowest BCUT2D eigenvalue weighted by molar-refractivity contribution is -0.384. The highest BCUT2D eigenvalue weighted by Crippen LogP contribution is 2.22. The summed E-state index contributed by atoms with van der Waals surface area (Å²) in [4.78, 5) is 33.5. The predicted octanol–water partition coefficient (Wildman–Crippen LogP) is 3.19. The summed E-state index contributed by atoms with van der Waals surface area (Å²) in [6.45, 7) is 0. The Hall–Kier alpha value is -2.93. The third-order valence-electron chi connectivity index (χ3n) is 3.25. The zero-order valence-corrected chi connectivity index (χ0v) is 13.1. The minimum atomic E-state index is -1.10. The van der Waals surface area contributed by atoms with Crippen LogP contribution < -0.4 is 5.32 Å². The topological polar surface area (TPSA) is 110 Å². The van der Waals surface area contributed by atoms with Crippen LogP contribution in [0.3, 0.4) is 0 Å². The second kappa shape index (κ2) is 7.56. The largest absolute Gasteiger partial charge is 0.481 e. The van der Waals surface area contributed by atoms with Crippen LogP contribution in [0.15, 0.2) is 48.5 Å². The number of hydrogen-bond donors (Lipinski definition) is 2. The fraction of sp³-hybridized carbons (Fsp3) is 0.125. The van der Waals surface area contributed by atoms with Gasteiger partial charge in [-0.3, -0.25) is 19.7 Å². The molecule has 0 saturated heterocycles. The molecule has 1 amide bonds. The number of rotatable bonds is 6. The molecule has 0 fully saturated rings. The van der Waals surface area contributed by atoms with E-state index >= 15 is 0 Å². The van der Waals surface area contributed by atoms with Crippen molar-refractivity contribution in [1.29, 1.82) is 0 Å². The van der Waals surface area contributed by atoms with Crippen LogP contribution >= 0.6 is 11.6 Å². The molecule has 0 saturated carbocycles. The summed E-state index contributed by atoms with van der Waals surface area (Å²) >= 11 is 5.90. The van der Waals surface area contributed by atoms with Crippen LogP contribution in [-0.2, 0) is 4.79 Å². The Bertz CT molecular complexity index is 794. The molecule has 0 heterocycles. The molecule has 0 bridgehead atoms. The third-order valence-corrected chi connectivity index (χ3v) is 3.49. The van der Waals surface area contributed by atoms with E-state index in [9.17, 15) is 19.7 Å². The fourth-order valence-corrected chi connectivity index (χ4v) is 2.35. The van der Waals surface area contributed by atoms with E-state index in [0.717, 1.165) is 6.07 Å². The van der Waals surface area contributed by atoms with Crippen molar-refractivity contribution in [3.8, 4) is 0 Å². The summed E-state index contributed by atoms with van der Waals surface area (Å²) in [6, 6.07) is 10.9. The molecule has 2 N–H and O–H groups in total. The molecule has 0 radical (unpaired) electrons. The van der Waals surface area contributed by atoms with Crippen molar-refractivity contribution in [3.05, 3.63) is 74.8 Å². The number of nitrogens with one attached hydrogen (secondary N) is 1. The highest BCUT2D eigenvalue weighted by molar-refractivity contribution is 6.30. The first-order chi connectivity index (χ1) is 11.4. The lowest BCUT2D eigenvalue weighted by Crippen LogP contribution is -2.30. The van der Waals surface area contributed by atoms with E-state index in [1.165, 1.54) is 18.2 Å². The first-order valence-corrected chi connectivity index (χ1v) is 7.27. The van der Waals surface area contributed by atoms with Gasteiger partial charge in [0, 0.05) is 22.7 Å². The van der Waals surface area contributed by atoms with Crippen molar-refractivity contribution < 1.29 is 19.6 Å². The van der Waals surface area contributed by atoms with Gasteiger partial charge in [-0.15, -0.1) is 0 Å². The Morgan fingerprint density at radius 2 is 1.92 bits per heavy atom. The van der Waals surface area contributed by atoms with Gasteiger partial charge >= 0.3 is 5.97 Å². The number of nitrogens with zero attached hydrogens (tertiary/aromatic N) is 1. The maximum atomic E-state index is 12.3. The number of carboxylic acid groups (broad SMARTS) is 1. The van der Waals surface area contributed by atoms with E-state index in [-0.39, 0.29) is 17.7 Å². The van der Waals surface area contributed by atoms with Crippen molar-refractivity contribution >= 4 is 29.2 Å². The van der Waals surface area contributed by atoms with Gasteiger partial charge in [-0.05, 0) is 23.8 Å². The minimum Gasteiger partial charge on any atom is -0.481 e. The average Bonchev–Trinajstić information content (AvgIpc) is 2.54. The monoisotopic (exact) mass is 348 g/mol. The normalized spacial score (nSPS) is 11.5. The van der Waals surface area contributed by atoms with Crippen molar-refractivity contribution in [2.75, 3.05) is 0 Å². The van der Waals surface area contributed by atoms with Gasteiger partial charge in [0.05, 0.1) is 17.4 Å². The highest BCUT2D eigenvalue weighted by atomic mass is 35.5. The van der Waals surface area contributed by atoms with Crippen LogP contribution in [0.5, 0.6) is 0 Å². The van der Waals surface area contributed by atoms with E-state index in [4.69, 9.17) is 16.7 Å². The smallest absolute Gasteiger partial charge is 0.305 e. The quantitative estimate of drug-likeness (QED) is 0.615. The molecule has 2 aromatic carbocycles. The fourth-order valence-electron chi connectivity index (χ4n) is 2.15. The molecule has 1 atom stereocenters. The number of nitro groups is 1. The number of nitro benzene ring substituents is 1. The zero-order valence-electron chi connectivity index (χ0n) is 12.3. The van der Waals surface area contributed by atoms with Crippen LogP contribution in [0, 0.1) is 10.1 Å². The van der Waals surface area contributed by atoms with Gasteiger partial charge < -0.3 is 10.4 Å². The average molecular weight is 349 g/mol. The van der Waals surface area contributed by atoms with E-state index in [1.54, 1.807) is 24.3 Å². The molecule has 0 aliphatic carbocycles. The highest BCUT2D eigenvalue weighted by Gasteiger charge is 2.20. The Labute approximate surface area is 142 Å². The Morgan fingerprint density at radius 3 is 2.54 bits per heavy atom. The lowest BCUT2D eigenvalue weighted by atomic mass is 10.0. The van der Waals surface area contributed by atoms with Crippen LogP contribution in [-0.4, -0.2) is 21.9 Å². The van der Waals surface area contributed by atoms with E-state index in [0.29, 0.717) is 10.6 Å². The van der Waals surface area contributed by atoms with E-state index in [2.05, 4.69) is 5.32 Å². The van der Waals surface area contributed by atoms with Gasteiger partial charge in [0.1, 0.15) is 0 Å². The summed E-state index contributed by atoms with van der Waals surface area (Å²) < 4.78 is 0. The first-order valence-electron chi connectivity index (χ1n) is 6.89. The number of hydrogen-bond acceptors (Lipinski definition) is 4. The molecule has 124 valence electrons. The van der Waals surface area contributed by atoms with E-state index in [1.807, 2.05) is 0 Å². The van der Waals surface area contributed by atoms with Crippen LogP contribution in [0.4, 0.5) is 5.69 Å². The van der Waals surface area contributed by atoms with Gasteiger partial charge in [-0.25, -0.2) is 0 Å². The van der Waals surface area contributed by atoms with Gasteiger partial charge in [-0.2, -0.15) is 0 Å². The number of benzene rings is 2. The molecule has 0 aliphatic heterocycles. The Morgan fingerprint density at radius 1 is 1.21 bits per heavy atom. The van der Waals surface area contributed by atoms with Crippen molar-refractivity contribution in [1.82, 2.24) is 5.32 Å². The minimum absolute atomic E-state index is 0.0709. The molecule has 7 nitrogen and oxygen atoms in total. The first kappa shape index (κ1) is 17.4. The van der Waals surface area contributed by atoms with Crippen molar-refractivity contribution in [3.63, 3.8) is 0 Å². The number of carbonyl (C=O) groups is 2. The second-order valence-electron chi connectivity index (χ2n) is 4.99. The molecule has 24 heavy (non-hydrogen) atoms. The van der Waals surface area contributed by atoms with Crippen LogP contribution in [0.2, 0.25) is 5.02 Å². The number of aliphatic carboxylic acids is 1.